The van der Waals surface area contributed by atoms with Gasteiger partial charge in [0.1, 0.15) is 12.4 Å². The Morgan fingerprint density at radius 2 is 2.20 bits per heavy atom. The van der Waals surface area contributed by atoms with Crippen LogP contribution in [0.1, 0.15) is 14.5 Å². The summed E-state index contributed by atoms with van der Waals surface area (Å²) < 4.78 is 12.9. The van der Waals surface area contributed by atoms with Crippen molar-refractivity contribution in [3.05, 3.63) is 50.9 Å². The highest BCUT2D eigenvalue weighted by molar-refractivity contribution is 7.14. The smallest absolute Gasteiger partial charge is 0.265 e. The number of aliphatic hydroxyl groups is 1. The van der Waals surface area contributed by atoms with Crippen LogP contribution in [0.2, 0.25) is 5.02 Å². The fourth-order valence-corrected chi connectivity index (χ4v) is 2.42. The molecule has 2 aromatic rings. The summed E-state index contributed by atoms with van der Waals surface area (Å²) in [7, 11) is 0. The summed E-state index contributed by atoms with van der Waals surface area (Å²) in [4.78, 5) is 13.1. The molecular formula is C14H9ClFNO2S. The van der Waals surface area contributed by atoms with E-state index in [9.17, 15) is 9.18 Å². The highest BCUT2D eigenvalue weighted by Gasteiger charge is 2.11. The number of aliphatic hydroxyl groups excluding tert-OH is 1. The maximum atomic E-state index is 12.9. The zero-order chi connectivity index (χ0) is 14.5. The number of nitrogens with one attached hydrogen (secondary N) is 1. The van der Waals surface area contributed by atoms with Gasteiger partial charge in [0.05, 0.1) is 20.5 Å². The molecule has 6 heteroatoms. The van der Waals surface area contributed by atoms with Gasteiger partial charge < -0.3 is 10.4 Å². The van der Waals surface area contributed by atoms with Crippen LogP contribution < -0.4 is 5.32 Å². The molecule has 0 atom stereocenters. The van der Waals surface area contributed by atoms with Crippen LogP contribution in [0.3, 0.4) is 0 Å². The molecule has 1 aromatic carbocycles. The maximum absolute atomic E-state index is 12.9. The first-order valence-electron chi connectivity index (χ1n) is 5.56. The number of hydrogen-bond donors (Lipinski definition) is 2. The van der Waals surface area contributed by atoms with Crippen LogP contribution in [0.15, 0.2) is 30.3 Å². The summed E-state index contributed by atoms with van der Waals surface area (Å²) in [6.07, 6.45) is 0. The Morgan fingerprint density at radius 1 is 1.40 bits per heavy atom. The van der Waals surface area contributed by atoms with Crippen molar-refractivity contribution in [2.45, 2.75) is 0 Å². The van der Waals surface area contributed by atoms with E-state index >= 15 is 0 Å². The van der Waals surface area contributed by atoms with Crippen molar-refractivity contribution in [1.82, 2.24) is 0 Å². The highest BCUT2D eigenvalue weighted by atomic mass is 35.5. The molecule has 0 saturated heterocycles. The quantitative estimate of drug-likeness (QED) is 0.837. The van der Waals surface area contributed by atoms with Crippen LogP contribution in [0, 0.1) is 17.7 Å². The summed E-state index contributed by atoms with van der Waals surface area (Å²) in [5, 5.41) is 11.3. The van der Waals surface area contributed by atoms with Crippen molar-refractivity contribution in [3.8, 4) is 11.8 Å². The standard InChI is InChI=1S/C14H9ClFNO2S/c15-11-8-9(16)3-5-12(11)17-14(19)13-6-4-10(20-13)2-1-7-18/h3-6,8,18H,7H2,(H,17,19). The van der Waals surface area contributed by atoms with E-state index < -0.39 is 5.82 Å². The van der Waals surface area contributed by atoms with Gasteiger partial charge in [-0.05, 0) is 30.3 Å². The van der Waals surface area contributed by atoms with Gasteiger partial charge in [-0.15, -0.1) is 11.3 Å². The van der Waals surface area contributed by atoms with Gasteiger partial charge in [-0.2, -0.15) is 0 Å². The van der Waals surface area contributed by atoms with Gasteiger partial charge in [0.25, 0.3) is 5.91 Å². The fraction of sp³-hybridized carbons (Fsp3) is 0.0714. The minimum absolute atomic E-state index is 0.134. The van der Waals surface area contributed by atoms with E-state index in [4.69, 9.17) is 16.7 Å². The second-order valence-electron chi connectivity index (χ2n) is 3.70. The molecule has 0 saturated carbocycles. The van der Waals surface area contributed by atoms with Gasteiger partial charge in [-0.1, -0.05) is 23.4 Å². The third kappa shape index (κ3) is 3.58. The van der Waals surface area contributed by atoms with Gasteiger partial charge in [-0.3, -0.25) is 4.79 Å². The monoisotopic (exact) mass is 309 g/mol. The van der Waals surface area contributed by atoms with Crippen molar-refractivity contribution < 1.29 is 14.3 Å². The van der Waals surface area contributed by atoms with Crippen LogP contribution in [-0.4, -0.2) is 17.6 Å². The highest BCUT2D eigenvalue weighted by Crippen LogP contribution is 2.24. The topological polar surface area (TPSA) is 49.3 Å². The molecule has 0 unspecified atom stereocenters. The van der Waals surface area contributed by atoms with Crippen LogP contribution in [-0.2, 0) is 0 Å². The van der Waals surface area contributed by atoms with E-state index in [0.29, 0.717) is 15.4 Å². The second-order valence-corrected chi connectivity index (χ2v) is 5.19. The molecule has 2 N–H and O–H groups in total. The first kappa shape index (κ1) is 14.5. The Balaban J connectivity index is 2.13. The third-order valence-electron chi connectivity index (χ3n) is 2.30. The average molecular weight is 310 g/mol. The number of halogens is 2. The molecule has 0 bridgehead atoms. The number of amides is 1. The summed E-state index contributed by atoms with van der Waals surface area (Å²) in [6, 6.07) is 7.06. The van der Waals surface area contributed by atoms with Crippen molar-refractivity contribution in [3.63, 3.8) is 0 Å². The van der Waals surface area contributed by atoms with Gasteiger partial charge >= 0.3 is 0 Å². The normalized spacial score (nSPS) is 9.75. The van der Waals surface area contributed by atoms with Crippen molar-refractivity contribution in [2.75, 3.05) is 11.9 Å². The summed E-state index contributed by atoms with van der Waals surface area (Å²) in [6.45, 7) is -0.232. The van der Waals surface area contributed by atoms with E-state index in [2.05, 4.69) is 17.2 Å². The molecule has 20 heavy (non-hydrogen) atoms. The molecule has 2 rings (SSSR count). The summed E-state index contributed by atoms with van der Waals surface area (Å²) in [5.41, 5.74) is 0.342. The molecule has 0 aliphatic heterocycles. The molecule has 1 amide bonds. The predicted octanol–water partition coefficient (Wildman–Crippen LogP) is 3.14. The maximum Gasteiger partial charge on any atom is 0.265 e. The van der Waals surface area contributed by atoms with E-state index in [1.165, 1.54) is 23.5 Å². The zero-order valence-corrected chi connectivity index (χ0v) is 11.7. The predicted molar refractivity (Wildman–Crippen MR) is 77.6 cm³/mol. The minimum atomic E-state index is -0.467. The first-order chi connectivity index (χ1) is 9.60. The Labute approximate surface area is 124 Å². The van der Waals surface area contributed by atoms with Crippen molar-refractivity contribution in [1.29, 1.82) is 0 Å². The molecule has 3 nitrogen and oxygen atoms in total. The molecule has 1 heterocycles. The van der Waals surface area contributed by atoms with Crippen molar-refractivity contribution >= 4 is 34.5 Å². The van der Waals surface area contributed by atoms with E-state index in [0.717, 1.165) is 6.07 Å². The first-order valence-corrected chi connectivity index (χ1v) is 6.75. The molecule has 0 radical (unpaired) electrons. The van der Waals surface area contributed by atoms with Gasteiger partial charge in [-0.25, -0.2) is 4.39 Å². The minimum Gasteiger partial charge on any atom is -0.384 e. The Morgan fingerprint density at radius 3 is 2.90 bits per heavy atom. The number of rotatable bonds is 2. The lowest BCUT2D eigenvalue weighted by Gasteiger charge is -2.05. The van der Waals surface area contributed by atoms with Gasteiger partial charge in [0.2, 0.25) is 0 Å². The zero-order valence-electron chi connectivity index (χ0n) is 10.1. The second kappa shape index (κ2) is 6.53. The molecule has 0 spiro atoms. The van der Waals surface area contributed by atoms with E-state index in [-0.39, 0.29) is 17.5 Å². The third-order valence-corrected chi connectivity index (χ3v) is 3.61. The summed E-state index contributed by atoms with van der Waals surface area (Å²) >= 11 is 7.03. The van der Waals surface area contributed by atoms with Gasteiger partial charge in [0.15, 0.2) is 0 Å². The molecular weight excluding hydrogens is 301 g/mol. The Kier molecular flexibility index (Phi) is 4.74. The number of hydrogen-bond acceptors (Lipinski definition) is 3. The molecule has 0 aliphatic carbocycles. The van der Waals surface area contributed by atoms with E-state index in [1.54, 1.807) is 12.1 Å². The van der Waals surface area contributed by atoms with Crippen LogP contribution in [0.4, 0.5) is 10.1 Å². The largest absolute Gasteiger partial charge is 0.384 e. The number of thiophene rings is 1. The SMILES string of the molecule is O=C(Nc1ccc(F)cc1Cl)c1ccc(C#CCO)s1. The molecule has 1 aromatic heterocycles. The lowest BCUT2D eigenvalue weighted by Crippen LogP contribution is -2.10. The number of benzene rings is 1. The Bertz CT molecular complexity index is 703. The number of carbonyl (C=O) groups is 1. The number of carbonyl (C=O) groups excluding carboxylic acids is 1. The lowest BCUT2D eigenvalue weighted by atomic mass is 10.3. The van der Waals surface area contributed by atoms with E-state index in [1.807, 2.05) is 0 Å². The fourth-order valence-electron chi connectivity index (χ4n) is 1.43. The van der Waals surface area contributed by atoms with Crippen LogP contribution in [0.25, 0.3) is 0 Å². The average Bonchev–Trinajstić information content (AvgIpc) is 2.88. The molecule has 0 fully saturated rings. The van der Waals surface area contributed by atoms with Crippen molar-refractivity contribution in [2.24, 2.45) is 0 Å². The van der Waals surface area contributed by atoms with Gasteiger partial charge in [0, 0.05) is 0 Å². The Hall–Kier alpha value is -1.87. The molecule has 102 valence electrons. The van der Waals surface area contributed by atoms with Crippen LogP contribution in [0.5, 0.6) is 0 Å². The molecule has 0 aliphatic rings. The van der Waals surface area contributed by atoms with Crippen LogP contribution >= 0.6 is 22.9 Å². The number of anilines is 1. The summed E-state index contributed by atoms with van der Waals surface area (Å²) in [5.74, 6) is 4.40. The lowest BCUT2D eigenvalue weighted by molar-refractivity contribution is 0.103.